The maximum atomic E-state index is 10.1. The number of primary amides is 1. The number of carbonyl (C=O) groups is 2. The van der Waals surface area contributed by atoms with Gasteiger partial charge >= 0.3 is 12.1 Å². The van der Waals surface area contributed by atoms with Crippen LogP contribution in [-0.2, 0) is 0 Å². The summed E-state index contributed by atoms with van der Waals surface area (Å²) in [5.41, 5.74) is 4.52. The second-order valence-electron chi connectivity index (χ2n) is 1.09. The first-order chi connectivity index (χ1) is 4.16. The van der Waals surface area contributed by atoms with Crippen LogP contribution in [0.3, 0.4) is 0 Å². The van der Waals surface area contributed by atoms with Gasteiger partial charge in [0.2, 0.25) is 0 Å². The van der Waals surface area contributed by atoms with Gasteiger partial charge in [0.25, 0.3) is 0 Å². The summed E-state index contributed by atoms with van der Waals surface area (Å²) in [6.45, 7) is 0. The van der Waals surface area contributed by atoms with Crippen molar-refractivity contribution in [3.8, 4) is 0 Å². The average Bonchev–Trinajstić information content (AvgIpc) is 1.83. The van der Waals surface area contributed by atoms with Crippen LogP contribution in [0.25, 0.3) is 0 Å². The smallest absolute Gasteiger partial charge is 0.348 e. The minimum absolute atomic E-state index is 0.700. The summed E-state index contributed by atoms with van der Waals surface area (Å²) >= 11 is 0. The number of nitrogens with one attached hydrogen (secondary N) is 1. The van der Waals surface area contributed by atoms with Gasteiger partial charge in [0.15, 0.2) is 0 Å². The van der Waals surface area contributed by atoms with E-state index in [0.29, 0.717) is 0 Å². The third-order valence-corrected chi connectivity index (χ3v) is 0.453. The maximum absolute atomic E-state index is 10.1. The van der Waals surface area contributed by atoms with E-state index in [-0.39, 0.29) is 0 Å². The van der Waals surface area contributed by atoms with E-state index in [9.17, 15) is 9.59 Å². The van der Waals surface area contributed by atoms with E-state index in [0.717, 1.165) is 0 Å². The number of azo groups is 1. The Morgan fingerprint density at radius 1 is 1.44 bits per heavy atom. The van der Waals surface area contributed by atoms with Gasteiger partial charge < -0.3 is 11.1 Å². The van der Waals surface area contributed by atoms with Crippen molar-refractivity contribution in [2.24, 2.45) is 16.0 Å². The van der Waals surface area contributed by atoms with E-state index in [2.05, 4.69) is 21.3 Å². The first-order valence-electron chi connectivity index (χ1n) is 2.09. The van der Waals surface area contributed by atoms with Gasteiger partial charge in [0, 0.05) is 7.05 Å². The van der Waals surface area contributed by atoms with Crippen molar-refractivity contribution in [3.63, 3.8) is 0 Å². The van der Waals surface area contributed by atoms with Gasteiger partial charge in [-0.25, -0.2) is 9.59 Å². The predicted molar refractivity (Wildman–Crippen MR) is 28.9 cm³/mol. The molecule has 0 spiro atoms. The number of rotatable bonds is 0. The summed E-state index contributed by atoms with van der Waals surface area (Å²) in [5.74, 6) is 0. The van der Waals surface area contributed by atoms with Crippen molar-refractivity contribution in [2.75, 3.05) is 7.05 Å². The Balaban J connectivity index is 3.71. The Labute approximate surface area is 51.1 Å². The lowest BCUT2D eigenvalue weighted by molar-refractivity contribution is 0.245. The number of nitrogens with two attached hydrogens (primary N) is 1. The molecule has 6 heteroatoms. The molecule has 0 aliphatic heterocycles. The summed E-state index contributed by atoms with van der Waals surface area (Å²) in [7, 11) is 1.36. The van der Waals surface area contributed by atoms with Crippen LogP contribution >= 0.6 is 0 Å². The fourth-order valence-electron chi connectivity index (χ4n) is 0.145. The first kappa shape index (κ1) is 7.54. The summed E-state index contributed by atoms with van der Waals surface area (Å²) in [4.78, 5) is 19.9. The Hall–Kier alpha value is -1.46. The monoisotopic (exact) mass is 130 g/mol. The molecular weight excluding hydrogens is 124 g/mol. The SMILES string of the molecule is CNC(=O)N=NC(N)=O. The van der Waals surface area contributed by atoms with Gasteiger partial charge in [-0.1, -0.05) is 10.2 Å². The molecule has 0 saturated heterocycles. The Bertz CT molecular complexity index is 152. The molecule has 0 radical (unpaired) electrons. The second-order valence-corrected chi connectivity index (χ2v) is 1.09. The van der Waals surface area contributed by atoms with Crippen LogP contribution in [-0.4, -0.2) is 19.1 Å². The molecule has 0 rings (SSSR count). The van der Waals surface area contributed by atoms with Crippen LogP contribution < -0.4 is 11.1 Å². The zero-order valence-corrected chi connectivity index (χ0v) is 4.79. The molecule has 0 aromatic rings. The Morgan fingerprint density at radius 2 is 2.00 bits per heavy atom. The number of urea groups is 2. The minimum Gasteiger partial charge on any atom is -0.348 e. The maximum Gasteiger partial charge on any atom is 0.359 e. The summed E-state index contributed by atoms with van der Waals surface area (Å²) in [6.07, 6.45) is 0. The predicted octanol–water partition coefficient (Wildman–Crippen LogP) is -0.143. The molecule has 0 aliphatic rings. The lowest BCUT2D eigenvalue weighted by Crippen LogP contribution is -2.13. The number of nitrogens with zero attached hydrogens (tertiary/aromatic N) is 2. The van der Waals surface area contributed by atoms with E-state index in [1.165, 1.54) is 7.05 Å². The molecule has 0 fully saturated rings. The zero-order chi connectivity index (χ0) is 7.28. The highest BCUT2D eigenvalue weighted by molar-refractivity contribution is 5.78. The number of amides is 4. The van der Waals surface area contributed by atoms with Crippen molar-refractivity contribution < 1.29 is 9.59 Å². The topological polar surface area (TPSA) is 96.9 Å². The van der Waals surface area contributed by atoms with Crippen LogP contribution in [0, 0.1) is 0 Å². The van der Waals surface area contributed by atoms with E-state index in [1.54, 1.807) is 0 Å². The van der Waals surface area contributed by atoms with Gasteiger partial charge in [-0.15, -0.1) is 0 Å². The van der Waals surface area contributed by atoms with Crippen molar-refractivity contribution in [3.05, 3.63) is 0 Å². The molecule has 0 saturated carbocycles. The van der Waals surface area contributed by atoms with Gasteiger partial charge in [0.05, 0.1) is 0 Å². The van der Waals surface area contributed by atoms with Crippen LogP contribution in [0.2, 0.25) is 0 Å². The van der Waals surface area contributed by atoms with Crippen LogP contribution in [0.4, 0.5) is 9.59 Å². The van der Waals surface area contributed by atoms with Gasteiger partial charge in [-0.2, -0.15) is 0 Å². The average molecular weight is 130 g/mol. The molecule has 0 aliphatic carbocycles. The largest absolute Gasteiger partial charge is 0.359 e. The Kier molecular flexibility index (Phi) is 2.96. The number of hydrogen-bond donors (Lipinski definition) is 2. The normalized spacial score (nSPS) is 9.44. The van der Waals surface area contributed by atoms with E-state index in [1.807, 2.05) is 0 Å². The molecule has 6 nitrogen and oxygen atoms in total. The van der Waals surface area contributed by atoms with E-state index < -0.39 is 12.1 Å². The van der Waals surface area contributed by atoms with Crippen LogP contribution in [0.5, 0.6) is 0 Å². The molecule has 50 valence electrons. The third-order valence-electron chi connectivity index (χ3n) is 0.453. The third kappa shape index (κ3) is 4.39. The molecular formula is C3H6N4O2. The zero-order valence-electron chi connectivity index (χ0n) is 4.79. The number of hydrogen-bond acceptors (Lipinski definition) is 2. The van der Waals surface area contributed by atoms with Crippen molar-refractivity contribution >= 4 is 12.1 Å². The van der Waals surface area contributed by atoms with Crippen LogP contribution in [0.15, 0.2) is 10.2 Å². The number of carbonyl (C=O) groups excluding carboxylic acids is 2. The molecule has 0 heterocycles. The summed E-state index contributed by atoms with van der Waals surface area (Å²) < 4.78 is 0. The Morgan fingerprint density at radius 3 is 2.33 bits per heavy atom. The molecule has 4 amide bonds. The molecule has 0 unspecified atom stereocenters. The van der Waals surface area contributed by atoms with Crippen molar-refractivity contribution in [1.29, 1.82) is 0 Å². The van der Waals surface area contributed by atoms with E-state index >= 15 is 0 Å². The summed E-state index contributed by atoms with van der Waals surface area (Å²) in [5, 5.41) is 7.70. The van der Waals surface area contributed by atoms with Gasteiger partial charge in [-0.3, -0.25) is 0 Å². The highest BCUT2D eigenvalue weighted by Gasteiger charge is 1.90. The van der Waals surface area contributed by atoms with Crippen molar-refractivity contribution in [2.45, 2.75) is 0 Å². The highest BCUT2D eigenvalue weighted by Crippen LogP contribution is 1.75. The first-order valence-corrected chi connectivity index (χ1v) is 2.09. The summed E-state index contributed by atoms with van der Waals surface area (Å²) in [6, 6.07) is -1.69. The fourth-order valence-corrected chi connectivity index (χ4v) is 0.145. The lowest BCUT2D eigenvalue weighted by atomic mass is 11.0. The van der Waals surface area contributed by atoms with Gasteiger partial charge in [0.1, 0.15) is 0 Å². The minimum atomic E-state index is -0.987. The molecule has 0 bridgehead atoms. The fraction of sp³-hybridized carbons (Fsp3) is 0.333. The second kappa shape index (κ2) is 3.53. The van der Waals surface area contributed by atoms with Crippen molar-refractivity contribution in [1.82, 2.24) is 5.32 Å². The standard InChI is InChI=1S/C3H6N4O2/c1-5-3(9)7-6-2(4)8/h1H3,(H2,4,8)(H,5,9). The molecule has 0 atom stereocenters. The quantitative estimate of drug-likeness (QED) is 0.446. The van der Waals surface area contributed by atoms with Gasteiger partial charge in [-0.05, 0) is 0 Å². The molecule has 3 N–H and O–H groups in total. The molecule has 0 aromatic carbocycles. The van der Waals surface area contributed by atoms with E-state index in [4.69, 9.17) is 0 Å². The molecule has 0 aromatic heterocycles. The molecule has 9 heavy (non-hydrogen) atoms. The lowest BCUT2D eigenvalue weighted by Gasteiger charge is -1.83. The highest BCUT2D eigenvalue weighted by atomic mass is 16.2. The van der Waals surface area contributed by atoms with Crippen LogP contribution in [0.1, 0.15) is 0 Å².